The number of carbonyl (C=O) groups excluding carboxylic acids is 3. The maximum atomic E-state index is 13.3. The van der Waals surface area contributed by atoms with Crippen molar-refractivity contribution in [2.45, 2.75) is 13.3 Å². The van der Waals surface area contributed by atoms with Gasteiger partial charge in [0.15, 0.2) is 5.69 Å². The summed E-state index contributed by atoms with van der Waals surface area (Å²) < 4.78 is 1.58. The molecule has 4 rings (SSSR count). The molecule has 2 heterocycles. The topological polar surface area (TPSA) is 132 Å². The lowest BCUT2D eigenvalue weighted by Crippen LogP contribution is -2.28. The van der Waals surface area contributed by atoms with Crippen molar-refractivity contribution >= 4 is 58.2 Å². The first-order valence-electron chi connectivity index (χ1n) is 11.3. The molecular weight excluding hydrogens is 551 g/mol. The molecule has 2 aromatic heterocycles. The predicted octanol–water partition coefficient (Wildman–Crippen LogP) is 5.06. The summed E-state index contributed by atoms with van der Waals surface area (Å²) in [6.45, 7) is 1.85. The SMILES string of the molecule is Cc1c(C(=O)Nc2ccnc(C(=O)NCCC(N)=O)c2)nn(-c2ccc(Cl)cc2Cl)c1-c1ccc(Cl)cc1. The highest BCUT2D eigenvalue weighted by molar-refractivity contribution is 6.35. The molecule has 194 valence electrons. The van der Waals surface area contributed by atoms with Crippen LogP contribution in [0.3, 0.4) is 0 Å². The van der Waals surface area contributed by atoms with E-state index in [0.29, 0.717) is 37.7 Å². The highest BCUT2D eigenvalue weighted by Crippen LogP contribution is 2.33. The number of carbonyl (C=O) groups is 3. The number of halogens is 3. The van der Waals surface area contributed by atoms with E-state index in [1.165, 1.54) is 12.3 Å². The molecule has 0 fully saturated rings. The molecule has 0 aliphatic heterocycles. The number of aromatic nitrogens is 3. The first-order chi connectivity index (χ1) is 18.1. The summed E-state index contributed by atoms with van der Waals surface area (Å²) in [5.41, 5.74) is 8.15. The first-order valence-corrected chi connectivity index (χ1v) is 12.4. The molecule has 0 bridgehead atoms. The number of benzene rings is 2. The van der Waals surface area contributed by atoms with Gasteiger partial charge in [0, 0.05) is 46.0 Å². The average Bonchev–Trinajstić information content (AvgIpc) is 3.21. The van der Waals surface area contributed by atoms with Crippen molar-refractivity contribution in [2.75, 3.05) is 11.9 Å². The van der Waals surface area contributed by atoms with Gasteiger partial charge in [0.1, 0.15) is 5.69 Å². The number of nitrogens with zero attached hydrogens (tertiary/aromatic N) is 3. The van der Waals surface area contributed by atoms with Crippen LogP contribution in [-0.4, -0.2) is 39.0 Å². The second kappa shape index (κ2) is 11.6. The van der Waals surface area contributed by atoms with Crippen LogP contribution in [0, 0.1) is 6.92 Å². The van der Waals surface area contributed by atoms with Crippen LogP contribution in [0.2, 0.25) is 15.1 Å². The number of primary amides is 1. The van der Waals surface area contributed by atoms with Crippen LogP contribution < -0.4 is 16.4 Å². The second-order valence-electron chi connectivity index (χ2n) is 8.19. The summed E-state index contributed by atoms with van der Waals surface area (Å²) in [4.78, 5) is 40.6. The molecule has 9 nitrogen and oxygen atoms in total. The fraction of sp³-hybridized carbons (Fsp3) is 0.115. The van der Waals surface area contributed by atoms with Crippen molar-refractivity contribution in [3.8, 4) is 16.9 Å². The quantitative estimate of drug-likeness (QED) is 0.272. The third-order valence-electron chi connectivity index (χ3n) is 5.50. The molecule has 4 aromatic rings. The van der Waals surface area contributed by atoms with Gasteiger partial charge in [-0.05, 0) is 49.4 Å². The summed E-state index contributed by atoms with van der Waals surface area (Å²) in [6, 6.07) is 15.1. The van der Waals surface area contributed by atoms with Gasteiger partial charge >= 0.3 is 0 Å². The first kappa shape index (κ1) is 27.1. The minimum Gasteiger partial charge on any atom is -0.370 e. The molecule has 0 spiro atoms. The zero-order valence-corrected chi connectivity index (χ0v) is 22.2. The number of rotatable bonds is 8. The standard InChI is InChI=1S/C26H21Cl3N6O3/c1-14-23(26(38)33-18-8-10-31-20(13-18)25(37)32-11-9-22(30)36)34-35(21-7-6-17(28)12-19(21)29)24(14)15-2-4-16(27)5-3-15/h2-8,10,12-13H,9,11H2,1H3,(H2,30,36)(H,32,37)(H,31,33,38). The highest BCUT2D eigenvalue weighted by Gasteiger charge is 2.23. The molecule has 3 amide bonds. The minimum absolute atomic E-state index is 0.00229. The van der Waals surface area contributed by atoms with Gasteiger partial charge in [-0.25, -0.2) is 4.68 Å². The van der Waals surface area contributed by atoms with E-state index in [-0.39, 0.29) is 24.4 Å². The fourth-order valence-electron chi connectivity index (χ4n) is 3.70. The van der Waals surface area contributed by atoms with Crippen molar-refractivity contribution < 1.29 is 14.4 Å². The molecule has 4 N–H and O–H groups in total. The third kappa shape index (κ3) is 6.13. The van der Waals surface area contributed by atoms with E-state index in [4.69, 9.17) is 40.5 Å². The van der Waals surface area contributed by atoms with E-state index in [0.717, 1.165) is 5.56 Å². The summed E-state index contributed by atoms with van der Waals surface area (Å²) in [5, 5.41) is 11.3. The smallest absolute Gasteiger partial charge is 0.276 e. The molecule has 0 atom stereocenters. The van der Waals surface area contributed by atoms with Gasteiger partial charge in [0.2, 0.25) is 5.91 Å². The lowest BCUT2D eigenvalue weighted by atomic mass is 10.1. The number of nitrogens with one attached hydrogen (secondary N) is 2. The van der Waals surface area contributed by atoms with Crippen molar-refractivity contribution in [1.82, 2.24) is 20.1 Å². The van der Waals surface area contributed by atoms with Crippen LogP contribution >= 0.6 is 34.8 Å². The Morgan fingerprint density at radius 3 is 2.34 bits per heavy atom. The third-order valence-corrected chi connectivity index (χ3v) is 6.29. The van der Waals surface area contributed by atoms with Gasteiger partial charge in [-0.15, -0.1) is 0 Å². The summed E-state index contributed by atoms with van der Waals surface area (Å²) in [5.74, 6) is -1.55. The van der Waals surface area contributed by atoms with Crippen molar-refractivity contribution in [3.05, 3.63) is 92.8 Å². The van der Waals surface area contributed by atoms with Crippen LogP contribution in [0.25, 0.3) is 16.9 Å². The van der Waals surface area contributed by atoms with Gasteiger partial charge in [0.25, 0.3) is 11.8 Å². The van der Waals surface area contributed by atoms with Gasteiger partial charge in [-0.1, -0.05) is 46.9 Å². The lowest BCUT2D eigenvalue weighted by Gasteiger charge is -2.11. The van der Waals surface area contributed by atoms with Crippen LogP contribution in [0.5, 0.6) is 0 Å². The van der Waals surface area contributed by atoms with E-state index in [1.807, 2.05) is 12.1 Å². The molecule has 2 aromatic carbocycles. The highest BCUT2D eigenvalue weighted by atomic mass is 35.5. The summed E-state index contributed by atoms with van der Waals surface area (Å²) in [7, 11) is 0. The van der Waals surface area contributed by atoms with Gasteiger partial charge in [-0.2, -0.15) is 5.10 Å². The zero-order chi connectivity index (χ0) is 27.4. The molecule has 0 aliphatic carbocycles. The fourth-order valence-corrected chi connectivity index (χ4v) is 4.31. The number of nitrogens with two attached hydrogens (primary N) is 1. The van der Waals surface area contributed by atoms with Crippen molar-refractivity contribution in [2.24, 2.45) is 5.73 Å². The maximum Gasteiger partial charge on any atom is 0.276 e. The van der Waals surface area contributed by atoms with Crippen LogP contribution in [-0.2, 0) is 4.79 Å². The summed E-state index contributed by atoms with van der Waals surface area (Å²) in [6.07, 6.45) is 1.38. The molecule has 0 saturated heterocycles. The van der Waals surface area contributed by atoms with Crippen LogP contribution in [0.15, 0.2) is 60.8 Å². The number of amides is 3. The van der Waals surface area contributed by atoms with E-state index < -0.39 is 17.7 Å². The second-order valence-corrected chi connectivity index (χ2v) is 9.47. The van der Waals surface area contributed by atoms with Crippen LogP contribution in [0.1, 0.15) is 33.0 Å². The van der Waals surface area contributed by atoms with E-state index in [9.17, 15) is 14.4 Å². The molecule has 0 saturated carbocycles. The van der Waals surface area contributed by atoms with Crippen molar-refractivity contribution in [1.29, 1.82) is 0 Å². The predicted molar refractivity (Wildman–Crippen MR) is 147 cm³/mol. The van der Waals surface area contributed by atoms with Gasteiger partial charge in [-0.3, -0.25) is 19.4 Å². The Hall–Kier alpha value is -3.92. The molecule has 0 aliphatic rings. The largest absolute Gasteiger partial charge is 0.370 e. The summed E-state index contributed by atoms with van der Waals surface area (Å²) >= 11 is 18.7. The Labute approximate surface area is 232 Å². The minimum atomic E-state index is -0.535. The molecule has 12 heteroatoms. The Kier molecular flexibility index (Phi) is 8.31. The normalized spacial score (nSPS) is 10.7. The Morgan fingerprint density at radius 1 is 0.947 bits per heavy atom. The lowest BCUT2D eigenvalue weighted by molar-refractivity contribution is -0.117. The van der Waals surface area contributed by atoms with Crippen LogP contribution in [0.4, 0.5) is 5.69 Å². The van der Waals surface area contributed by atoms with Gasteiger partial charge < -0.3 is 16.4 Å². The Balaban J connectivity index is 1.68. The number of hydrogen-bond donors (Lipinski definition) is 3. The Bertz CT molecular complexity index is 1540. The number of hydrogen-bond acceptors (Lipinski definition) is 5. The zero-order valence-electron chi connectivity index (χ0n) is 20.0. The van der Waals surface area contributed by atoms with E-state index in [2.05, 4.69) is 20.7 Å². The van der Waals surface area contributed by atoms with E-state index in [1.54, 1.807) is 48.0 Å². The Morgan fingerprint density at radius 2 is 1.66 bits per heavy atom. The molecular formula is C26H21Cl3N6O3. The molecule has 0 unspecified atom stereocenters. The van der Waals surface area contributed by atoms with Gasteiger partial charge in [0.05, 0.1) is 16.4 Å². The maximum absolute atomic E-state index is 13.3. The van der Waals surface area contributed by atoms with Crippen molar-refractivity contribution in [3.63, 3.8) is 0 Å². The molecule has 38 heavy (non-hydrogen) atoms. The molecule has 0 radical (unpaired) electrons. The number of pyridine rings is 1. The monoisotopic (exact) mass is 570 g/mol. The number of anilines is 1. The van der Waals surface area contributed by atoms with E-state index >= 15 is 0 Å². The average molecular weight is 572 g/mol.